The van der Waals surface area contributed by atoms with Crippen molar-refractivity contribution in [3.05, 3.63) is 42.1 Å². The van der Waals surface area contributed by atoms with Crippen LogP contribution in [0.1, 0.15) is 24.2 Å². The van der Waals surface area contributed by atoms with E-state index >= 15 is 0 Å². The van der Waals surface area contributed by atoms with Crippen LogP contribution in [0.4, 0.5) is 11.4 Å². The van der Waals surface area contributed by atoms with Gasteiger partial charge in [-0.15, -0.1) is 0 Å². The normalized spacial score (nSPS) is 19.9. The fourth-order valence-electron chi connectivity index (χ4n) is 4.53. The van der Waals surface area contributed by atoms with Gasteiger partial charge in [0.1, 0.15) is 13.2 Å². The summed E-state index contributed by atoms with van der Waals surface area (Å²) in [6.07, 6.45) is 1.73. The highest BCUT2D eigenvalue weighted by atomic mass is 16.6. The number of methoxy groups -OCH3 is 1. The third-order valence-corrected chi connectivity index (χ3v) is 5.85. The molecular formula is C24H27N5O4. The van der Waals surface area contributed by atoms with Crippen LogP contribution in [-0.2, 0) is 0 Å². The van der Waals surface area contributed by atoms with Gasteiger partial charge in [-0.1, -0.05) is 6.07 Å². The molecule has 9 heteroatoms. The maximum Gasteiger partial charge on any atom is 0.316 e. The molecule has 2 atom stereocenters. The zero-order chi connectivity index (χ0) is 22.9. The fourth-order valence-corrected chi connectivity index (χ4v) is 4.53. The van der Waals surface area contributed by atoms with Crippen molar-refractivity contribution < 1.29 is 19.0 Å². The molecule has 0 spiro atoms. The highest BCUT2D eigenvalue weighted by Gasteiger charge is 2.25. The number of carbonyl (C=O) groups is 1. The van der Waals surface area contributed by atoms with E-state index < -0.39 is 0 Å². The SMILES string of the molecule is COc1ncc2c(N3C[C@@H](C)N[C@@H](C)C3)ccc(C(=O)Nc3cccc4c3OCCO4)c2n1. The molecule has 1 amide bonds. The number of fused-ring (bicyclic) bond motifs is 2. The second-order valence-electron chi connectivity index (χ2n) is 8.41. The van der Waals surface area contributed by atoms with Gasteiger partial charge in [-0.2, -0.15) is 4.98 Å². The van der Waals surface area contributed by atoms with Gasteiger partial charge < -0.3 is 29.7 Å². The number of ether oxygens (including phenoxy) is 3. The number of nitrogens with one attached hydrogen (secondary N) is 2. The minimum Gasteiger partial charge on any atom is -0.486 e. The van der Waals surface area contributed by atoms with Gasteiger partial charge in [0.2, 0.25) is 0 Å². The molecule has 2 aromatic carbocycles. The van der Waals surface area contributed by atoms with Crippen molar-refractivity contribution in [2.24, 2.45) is 0 Å². The molecular weight excluding hydrogens is 422 g/mol. The number of carbonyl (C=O) groups excluding carboxylic acids is 1. The first-order valence-corrected chi connectivity index (χ1v) is 11.1. The molecule has 33 heavy (non-hydrogen) atoms. The first kappa shape index (κ1) is 21.3. The summed E-state index contributed by atoms with van der Waals surface area (Å²) in [6, 6.07) is 10.1. The van der Waals surface area contributed by atoms with Gasteiger partial charge in [0.15, 0.2) is 11.5 Å². The summed E-state index contributed by atoms with van der Waals surface area (Å²) in [5.74, 6) is 0.858. The van der Waals surface area contributed by atoms with E-state index in [0.717, 1.165) is 24.2 Å². The lowest BCUT2D eigenvalue weighted by molar-refractivity contribution is 0.102. The lowest BCUT2D eigenvalue weighted by Crippen LogP contribution is -2.54. The molecule has 0 bridgehead atoms. The molecule has 1 fully saturated rings. The lowest BCUT2D eigenvalue weighted by atomic mass is 10.0. The Bertz CT molecular complexity index is 1190. The highest BCUT2D eigenvalue weighted by molar-refractivity contribution is 6.14. The number of nitrogens with zero attached hydrogens (tertiary/aromatic N) is 3. The Morgan fingerprint density at radius 1 is 1.15 bits per heavy atom. The minimum absolute atomic E-state index is 0.213. The second kappa shape index (κ2) is 8.74. The second-order valence-corrected chi connectivity index (χ2v) is 8.41. The molecule has 2 aliphatic rings. The van der Waals surface area contributed by atoms with Crippen LogP contribution < -0.4 is 29.7 Å². The predicted octanol–water partition coefficient (Wildman–Crippen LogP) is 2.85. The van der Waals surface area contributed by atoms with Crippen LogP contribution in [0.2, 0.25) is 0 Å². The van der Waals surface area contributed by atoms with Crippen molar-refractivity contribution in [1.82, 2.24) is 15.3 Å². The van der Waals surface area contributed by atoms with Crippen LogP contribution in [0.5, 0.6) is 17.5 Å². The van der Waals surface area contributed by atoms with Gasteiger partial charge in [-0.3, -0.25) is 4.79 Å². The molecule has 0 saturated carbocycles. The largest absolute Gasteiger partial charge is 0.486 e. The van der Waals surface area contributed by atoms with Crippen LogP contribution in [-0.4, -0.2) is 61.4 Å². The molecule has 0 radical (unpaired) electrons. The maximum absolute atomic E-state index is 13.4. The monoisotopic (exact) mass is 449 g/mol. The van der Waals surface area contributed by atoms with Gasteiger partial charge >= 0.3 is 6.01 Å². The number of amides is 1. The number of aromatic nitrogens is 2. The van der Waals surface area contributed by atoms with E-state index in [0.29, 0.717) is 53.6 Å². The smallest absolute Gasteiger partial charge is 0.316 e. The fraction of sp³-hybridized carbons (Fsp3) is 0.375. The van der Waals surface area contributed by atoms with Crippen LogP contribution in [0.3, 0.4) is 0 Å². The third-order valence-electron chi connectivity index (χ3n) is 5.85. The Morgan fingerprint density at radius 2 is 1.94 bits per heavy atom. The van der Waals surface area contributed by atoms with E-state index in [1.54, 1.807) is 12.3 Å². The molecule has 3 heterocycles. The molecule has 1 aromatic heterocycles. The Hall–Kier alpha value is -3.59. The molecule has 2 N–H and O–H groups in total. The van der Waals surface area contributed by atoms with Crippen molar-refractivity contribution in [2.45, 2.75) is 25.9 Å². The third kappa shape index (κ3) is 4.11. The topological polar surface area (TPSA) is 97.8 Å². The van der Waals surface area contributed by atoms with Gasteiger partial charge in [0.05, 0.1) is 23.9 Å². The van der Waals surface area contributed by atoms with Gasteiger partial charge in [0, 0.05) is 42.4 Å². The summed E-state index contributed by atoms with van der Waals surface area (Å²) in [7, 11) is 1.51. The van der Waals surface area contributed by atoms with E-state index in [2.05, 4.69) is 39.3 Å². The first-order chi connectivity index (χ1) is 16.0. The number of anilines is 2. The molecule has 1 saturated heterocycles. The van der Waals surface area contributed by atoms with Crippen molar-refractivity contribution in [3.8, 4) is 17.5 Å². The standard InChI is InChI=1S/C24H27N5O4/c1-14-12-29(13-15(2)26-14)19-8-7-16(21-17(19)11-25-24(28-21)31-3)23(30)27-18-5-4-6-20-22(18)33-10-9-32-20/h4-8,11,14-15,26H,9-10,12-13H2,1-3H3,(H,27,30)/t14-,15+. The molecule has 5 rings (SSSR count). The zero-order valence-corrected chi connectivity index (χ0v) is 18.9. The summed E-state index contributed by atoms with van der Waals surface area (Å²) >= 11 is 0. The van der Waals surface area contributed by atoms with E-state index in [4.69, 9.17) is 14.2 Å². The Balaban J connectivity index is 1.54. The summed E-state index contributed by atoms with van der Waals surface area (Å²) in [5.41, 5.74) is 2.52. The van der Waals surface area contributed by atoms with Crippen LogP contribution in [0.25, 0.3) is 10.9 Å². The summed E-state index contributed by atoms with van der Waals surface area (Å²) in [6.45, 7) is 6.95. The van der Waals surface area contributed by atoms with Crippen LogP contribution in [0.15, 0.2) is 36.5 Å². The number of benzene rings is 2. The average Bonchev–Trinajstić information content (AvgIpc) is 2.82. The minimum atomic E-state index is -0.295. The van der Waals surface area contributed by atoms with Gasteiger partial charge in [-0.25, -0.2) is 4.98 Å². The van der Waals surface area contributed by atoms with Gasteiger partial charge in [0.25, 0.3) is 5.91 Å². The molecule has 3 aromatic rings. The number of para-hydroxylation sites is 1. The molecule has 9 nitrogen and oxygen atoms in total. The highest BCUT2D eigenvalue weighted by Crippen LogP contribution is 2.38. The first-order valence-electron chi connectivity index (χ1n) is 11.1. The molecule has 2 aliphatic heterocycles. The van der Waals surface area contributed by atoms with Crippen molar-refractivity contribution >= 4 is 28.2 Å². The van der Waals surface area contributed by atoms with Crippen molar-refractivity contribution in [2.75, 3.05) is 43.6 Å². The maximum atomic E-state index is 13.4. The Morgan fingerprint density at radius 3 is 2.73 bits per heavy atom. The summed E-state index contributed by atoms with van der Waals surface area (Å²) in [4.78, 5) is 24.5. The number of hydrogen-bond acceptors (Lipinski definition) is 8. The predicted molar refractivity (Wildman–Crippen MR) is 126 cm³/mol. The number of hydrogen-bond donors (Lipinski definition) is 2. The van der Waals surface area contributed by atoms with Crippen LogP contribution >= 0.6 is 0 Å². The Kier molecular flexibility index (Phi) is 5.63. The summed E-state index contributed by atoms with van der Waals surface area (Å²) < 4.78 is 16.6. The van der Waals surface area contributed by atoms with Crippen LogP contribution in [0, 0.1) is 0 Å². The molecule has 0 unspecified atom stereocenters. The Labute approximate surface area is 192 Å². The lowest BCUT2D eigenvalue weighted by Gasteiger charge is -2.38. The van der Waals surface area contributed by atoms with Crippen molar-refractivity contribution in [3.63, 3.8) is 0 Å². The number of piperazine rings is 1. The summed E-state index contributed by atoms with van der Waals surface area (Å²) in [5, 5.41) is 7.31. The quantitative estimate of drug-likeness (QED) is 0.628. The van der Waals surface area contributed by atoms with E-state index in [9.17, 15) is 4.79 Å². The van der Waals surface area contributed by atoms with E-state index in [1.165, 1.54) is 7.11 Å². The van der Waals surface area contributed by atoms with Crippen molar-refractivity contribution in [1.29, 1.82) is 0 Å². The molecule has 0 aliphatic carbocycles. The average molecular weight is 450 g/mol. The van der Waals surface area contributed by atoms with E-state index in [-0.39, 0.29) is 11.9 Å². The van der Waals surface area contributed by atoms with Gasteiger partial charge in [-0.05, 0) is 38.1 Å². The number of rotatable bonds is 4. The zero-order valence-electron chi connectivity index (χ0n) is 18.9. The molecule has 172 valence electrons. The van der Waals surface area contributed by atoms with E-state index in [1.807, 2.05) is 24.3 Å².